The van der Waals surface area contributed by atoms with Crippen molar-refractivity contribution in [2.45, 2.75) is 44.4 Å². The Balaban J connectivity index is 1.90. The van der Waals surface area contributed by atoms with Crippen molar-refractivity contribution in [1.82, 2.24) is 5.32 Å². The third-order valence-corrected chi connectivity index (χ3v) is 4.00. The van der Waals surface area contributed by atoms with Crippen molar-refractivity contribution >= 4 is 0 Å². The molecule has 2 rings (SSSR count). The maximum Gasteiger partial charge on any atom is 0.161 e. The van der Waals surface area contributed by atoms with Crippen LogP contribution in [-0.2, 0) is 11.3 Å². The first kappa shape index (κ1) is 15.1. The van der Waals surface area contributed by atoms with Crippen LogP contribution in [0.15, 0.2) is 18.2 Å². The highest BCUT2D eigenvalue weighted by atomic mass is 16.5. The van der Waals surface area contributed by atoms with Crippen LogP contribution in [0.3, 0.4) is 0 Å². The third-order valence-electron chi connectivity index (χ3n) is 4.00. The van der Waals surface area contributed by atoms with Crippen molar-refractivity contribution in [3.63, 3.8) is 0 Å². The van der Waals surface area contributed by atoms with Gasteiger partial charge in [0.05, 0.1) is 20.3 Å². The summed E-state index contributed by atoms with van der Waals surface area (Å²) in [4.78, 5) is 0. The van der Waals surface area contributed by atoms with Crippen LogP contribution < -0.4 is 14.8 Å². The van der Waals surface area contributed by atoms with Crippen LogP contribution in [0.25, 0.3) is 0 Å². The Bertz CT molecular complexity index is 422. The first-order valence-corrected chi connectivity index (χ1v) is 7.24. The van der Waals surface area contributed by atoms with Crippen LogP contribution in [0.1, 0.15) is 31.2 Å². The average molecular weight is 279 g/mol. The molecule has 0 saturated heterocycles. The number of hydrogen-bond acceptors (Lipinski definition) is 4. The predicted molar refractivity (Wildman–Crippen MR) is 79.4 cm³/mol. The molecule has 0 unspecified atom stereocenters. The van der Waals surface area contributed by atoms with Crippen LogP contribution >= 0.6 is 0 Å². The summed E-state index contributed by atoms with van der Waals surface area (Å²) in [6.07, 6.45) is 5.16. The van der Waals surface area contributed by atoms with Gasteiger partial charge in [-0.1, -0.05) is 6.07 Å². The second kappa shape index (κ2) is 7.50. The lowest BCUT2D eigenvalue weighted by Gasteiger charge is -2.29. The molecule has 1 aliphatic rings. The van der Waals surface area contributed by atoms with E-state index in [1.807, 2.05) is 12.1 Å². The van der Waals surface area contributed by atoms with Crippen LogP contribution in [0, 0.1) is 0 Å². The van der Waals surface area contributed by atoms with Gasteiger partial charge in [0.15, 0.2) is 11.5 Å². The zero-order valence-corrected chi connectivity index (χ0v) is 12.6. The van der Waals surface area contributed by atoms with E-state index in [0.29, 0.717) is 12.1 Å². The van der Waals surface area contributed by atoms with E-state index in [1.54, 1.807) is 21.3 Å². The van der Waals surface area contributed by atoms with Gasteiger partial charge in [-0.3, -0.25) is 0 Å². The Hall–Kier alpha value is -1.26. The largest absolute Gasteiger partial charge is 0.493 e. The quantitative estimate of drug-likeness (QED) is 0.869. The third kappa shape index (κ3) is 3.87. The fourth-order valence-electron chi connectivity index (χ4n) is 2.80. The summed E-state index contributed by atoms with van der Waals surface area (Å²) in [5.74, 6) is 1.55. The maximum absolute atomic E-state index is 5.46. The van der Waals surface area contributed by atoms with Crippen molar-refractivity contribution < 1.29 is 14.2 Å². The molecule has 0 radical (unpaired) electrons. The summed E-state index contributed by atoms with van der Waals surface area (Å²) in [7, 11) is 5.13. The summed E-state index contributed by atoms with van der Waals surface area (Å²) in [6.45, 7) is 0.849. The van der Waals surface area contributed by atoms with Gasteiger partial charge in [-0.25, -0.2) is 0 Å². The van der Waals surface area contributed by atoms with Crippen LogP contribution in [0.4, 0.5) is 0 Å². The van der Waals surface area contributed by atoms with Gasteiger partial charge >= 0.3 is 0 Å². The topological polar surface area (TPSA) is 39.7 Å². The van der Waals surface area contributed by atoms with Crippen molar-refractivity contribution in [2.75, 3.05) is 21.3 Å². The van der Waals surface area contributed by atoms with Gasteiger partial charge in [-0.2, -0.15) is 0 Å². The summed E-state index contributed by atoms with van der Waals surface area (Å²) in [5, 5.41) is 3.61. The molecule has 0 bridgehead atoms. The van der Waals surface area contributed by atoms with Gasteiger partial charge in [0.1, 0.15) is 0 Å². The Morgan fingerprint density at radius 3 is 2.60 bits per heavy atom. The lowest BCUT2D eigenvalue weighted by atomic mass is 9.92. The normalized spacial score (nSPS) is 22.6. The molecule has 1 N–H and O–H groups in total. The van der Waals surface area contributed by atoms with Gasteiger partial charge < -0.3 is 19.5 Å². The number of nitrogens with one attached hydrogen (secondary N) is 1. The molecule has 112 valence electrons. The Labute approximate surface area is 121 Å². The Morgan fingerprint density at radius 1 is 1.10 bits per heavy atom. The van der Waals surface area contributed by atoms with Crippen molar-refractivity contribution in [1.29, 1.82) is 0 Å². The monoisotopic (exact) mass is 279 g/mol. The molecule has 2 atom stereocenters. The SMILES string of the molecule is COc1ccc(CN[C@H]2CCC[C@@H](OC)C2)cc1OC. The van der Waals surface area contributed by atoms with Crippen LogP contribution in [0.2, 0.25) is 0 Å². The minimum absolute atomic E-state index is 0.409. The van der Waals surface area contributed by atoms with E-state index in [-0.39, 0.29) is 0 Å². The Morgan fingerprint density at radius 2 is 1.90 bits per heavy atom. The first-order valence-electron chi connectivity index (χ1n) is 7.24. The number of ether oxygens (including phenoxy) is 3. The fraction of sp³-hybridized carbons (Fsp3) is 0.625. The molecule has 1 fully saturated rings. The number of methoxy groups -OCH3 is 3. The Kier molecular flexibility index (Phi) is 5.68. The molecule has 0 heterocycles. The maximum atomic E-state index is 5.46. The highest BCUT2D eigenvalue weighted by molar-refractivity contribution is 5.42. The standard InChI is InChI=1S/C16H25NO3/c1-18-14-6-4-5-13(10-14)17-11-12-7-8-15(19-2)16(9-12)20-3/h7-9,13-14,17H,4-6,10-11H2,1-3H3/t13-,14+/m0/s1. The second-order valence-corrected chi connectivity index (χ2v) is 5.29. The molecule has 1 aromatic rings. The summed E-state index contributed by atoms with van der Waals surface area (Å²) < 4.78 is 16.0. The lowest BCUT2D eigenvalue weighted by Crippen LogP contribution is -2.36. The highest BCUT2D eigenvalue weighted by Gasteiger charge is 2.21. The number of rotatable bonds is 6. The molecular formula is C16H25NO3. The smallest absolute Gasteiger partial charge is 0.161 e. The van der Waals surface area contributed by atoms with E-state index in [4.69, 9.17) is 14.2 Å². The molecular weight excluding hydrogens is 254 g/mol. The van der Waals surface area contributed by atoms with Crippen LogP contribution in [0.5, 0.6) is 11.5 Å². The van der Waals surface area contributed by atoms with E-state index < -0.39 is 0 Å². The van der Waals surface area contributed by atoms with Crippen LogP contribution in [-0.4, -0.2) is 33.5 Å². The first-order chi connectivity index (χ1) is 9.76. The molecule has 20 heavy (non-hydrogen) atoms. The van der Waals surface area contributed by atoms with Gasteiger partial charge in [-0.05, 0) is 43.4 Å². The van der Waals surface area contributed by atoms with Crippen molar-refractivity contribution in [2.24, 2.45) is 0 Å². The van der Waals surface area contributed by atoms with E-state index in [0.717, 1.165) is 24.5 Å². The van der Waals surface area contributed by atoms with E-state index in [2.05, 4.69) is 11.4 Å². The highest BCUT2D eigenvalue weighted by Crippen LogP contribution is 2.28. The molecule has 1 aromatic carbocycles. The van der Waals surface area contributed by atoms with E-state index in [9.17, 15) is 0 Å². The molecule has 0 aliphatic heterocycles. The van der Waals surface area contributed by atoms with Crippen molar-refractivity contribution in [3.8, 4) is 11.5 Å². The second-order valence-electron chi connectivity index (χ2n) is 5.29. The molecule has 4 heteroatoms. The number of hydrogen-bond donors (Lipinski definition) is 1. The van der Waals surface area contributed by atoms with Gasteiger partial charge in [0.2, 0.25) is 0 Å². The summed E-state index contributed by atoms with van der Waals surface area (Å²) in [5.41, 5.74) is 1.21. The minimum Gasteiger partial charge on any atom is -0.493 e. The molecule has 0 aromatic heterocycles. The zero-order chi connectivity index (χ0) is 14.4. The molecule has 1 aliphatic carbocycles. The summed E-state index contributed by atoms with van der Waals surface area (Å²) in [6, 6.07) is 6.60. The van der Waals surface area contributed by atoms with Crippen molar-refractivity contribution in [3.05, 3.63) is 23.8 Å². The average Bonchev–Trinajstić information content (AvgIpc) is 2.52. The predicted octanol–water partition coefficient (Wildman–Crippen LogP) is 2.75. The molecule has 0 amide bonds. The molecule has 4 nitrogen and oxygen atoms in total. The molecule has 0 spiro atoms. The minimum atomic E-state index is 0.409. The van der Waals surface area contributed by atoms with E-state index in [1.165, 1.54) is 24.8 Å². The zero-order valence-electron chi connectivity index (χ0n) is 12.6. The lowest BCUT2D eigenvalue weighted by molar-refractivity contribution is 0.0586. The number of benzene rings is 1. The summed E-state index contributed by atoms with van der Waals surface area (Å²) >= 11 is 0. The van der Waals surface area contributed by atoms with E-state index >= 15 is 0 Å². The fourth-order valence-corrected chi connectivity index (χ4v) is 2.80. The molecule has 1 saturated carbocycles. The van der Waals surface area contributed by atoms with Gasteiger partial charge in [-0.15, -0.1) is 0 Å². The van der Waals surface area contributed by atoms with Gasteiger partial charge in [0.25, 0.3) is 0 Å². The van der Waals surface area contributed by atoms with Gasteiger partial charge in [0, 0.05) is 19.7 Å².